The minimum atomic E-state index is -3.80. The lowest BCUT2D eigenvalue weighted by molar-refractivity contribution is 0.572. The fourth-order valence-electron chi connectivity index (χ4n) is 2.69. The number of nitriles is 1. The maximum atomic E-state index is 12.9. The van der Waals surface area contributed by atoms with E-state index >= 15 is 0 Å². The second-order valence-corrected chi connectivity index (χ2v) is 7.73. The number of hydrogen-bond acceptors (Lipinski definition) is 3. The maximum absolute atomic E-state index is 12.9. The molecule has 0 aliphatic rings. The van der Waals surface area contributed by atoms with Gasteiger partial charge in [-0.2, -0.15) is 9.98 Å². The van der Waals surface area contributed by atoms with Gasteiger partial charge in [0, 0.05) is 0 Å². The highest BCUT2D eigenvalue weighted by Crippen LogP contribution is 2.25. The van der Waals surface area contributed by atoms with Crippen molar-refractivity contribution >= 4 is 10.0 Å². The zero-order chi connectivity index (χ0) is 18.6. The normalized spacial score (nSPS) is 12.3. The van der Waals surface area contributed by atoms with Gasteiger partial charge in [0.2, 0.25) is 10.0 Å². The highest BCUT2D eigenvalue weighted by molar-refractivity contribution is 7.89. The van der Waals surface area contributed by atoms with Crippen LogP contribution < -0.4 is 4.72 Å². The molecule has 0 aromatic heterocycles. The summed E-state index contributed by atoms with van der Waals surface area (Å²) >= 11 is 0. The summed E-state index contributed by atoms with van der Waals surface area (Å²) in [5, 5.41) is 9.03. The summed E-state index contributed by atoms with van der Waals surface area (Å²) < 4.78 is 28.6. The van der Waals surface area contributed by atoms with Crippen LogP contribution in [-0.2, 0) is 10.0 Å². The molecule has 4 nitrogen and oxygen atoms in total. The van der Waals surface area contributed by atoms with Gasteiger partial charge in [0.05, 0.1) is 22.6 Å². The van der Waals surface area contributed by atoms with Crippen molar-refractivity contribution < 1.29 is 8.42 Å². The van der Waals surface area contributed by atoms with E-state index in [0.29, 0.717) is 5.56 Å². The lowest BCUT2D eigenvalue weighted by atomic mass is 9.99. The van der Waals surface area contributed by atoms with Crippen molar-refractivity contribution in [1.29, 1.82) is 5.26 Å². The van der Waals surface area contributed by atoms with Crippen molar-refractivity contribution in [2.75, 3.05) is 0 Å². The Hall–Kier alpha value is -2.94. The van der Waals surface area contributed by atoms with Crippen molar-refractivity contribution in [1.82, 2.24) is 4.72 Å². The molecule has 0 unspecified atom stereocenters. The highest BCUT2D eigenvalue weighted by Gasteiger charge is 2.23. The first-order valence-electron chi connectivity index (χ1n) is 8.13. The molecule has 1 atom stereocenters. The standard InChI is InChI=1S/C21H18N2O2S/c1-16-10-12-19(13-11-16)21(18-7-3-2-4-8-18)23-26(24,25)20-9-5-6-17(14-20)15-22/h2-14,21,23H,1H3/t21-/m0/s1. The molecular formula is C21H18N2O2S. The molecule has 0 fully saturated rings. The molecule has 0 radical (unpaired) electrons. The van der Waals surface area contributed by atoms with E-state index in [0.717, 1.165) is 16.7 Å². The number of hydrogen-bond donors (Lipinski definition) is 1. The zero-order valence-electron chi connectivity index (χ0n) is 14.3. The minimum Gasteiger partial charge on any atom is -0.207 e. The van der Waals surface area contributed by atoms with Gasteiger partial charge in [-0.05, 0) is 36.2 Å². The van der Waals surface area contributed by atoms with E-state index in [1.807, 2.05) is 67.6 Å². The topological polar surface area (TPSA) is 70.0 Å². The second kappa shape index (κ2) is 7.52. The molecular weight excluding hydrogens is 344 g/mol. The van der Waals surface area contributed by atoms with Crippen LogP contribution in [0.3, 0.4) is 0 Å². The molecule has 26 heavy (non-hydrogen) atoms. The Balaban J connectivity index is 2.02. The Kier molecular flexibility index (Phi) is 5.17. The molecule has 0 bridgehead atoms. The summed E-state index contributed by atoms with van der Waals surface area (Å²) in [6.07, 6.45) is 0. The van der Waals surface area contributed by atoms with Crippen LogP contribution in [0.25, 0.3) is 0 Å². The first-order chi connectivity index (χ1) is 12.5. The average Bonchev–Trinajstić information content (AvgIpc) is 2.68. The quantitative estimate of drug-likeness (QED) is 0.747. The third kappa shape index (κ3) is 3.99. The van der Waals surface area contributed by atoms with Gasteiger partial charge in [0.25, 0.3) is 0 Å². The molecule has 1 N–H and O–H groups in total. The van der Waals surface area contributed by atoms with Crippen LogP contribution in [0.1, 0.15) is 28.3 Å². The first kappa shape index (κ1) is 17.9. The van der Waals surface area contributed by atoms with Gasteiger partial charge in [-0.1, -0.05) is 66.2 Å². The van der Waals surface area contributed by atoms with Gasteiger partial charge in [0.15, 0.2) is 0 Å². The summed E-state index contributed by atoms with van der Waals surface area (Å²) in [7, 11) is -3.80. The number of nitrogens with one attached hydrogen (secondary N) is 1. The van der Waals surface area contributed by atoms with Gasteiger partial charge < -0.3 is 0 Å². The van der Waals surface area contributed by atoms with Crippen molar-refractivity contribution in [3.63, 3.8) is 0 Å². The van der Waals surface area contributed by atoms with E-state index < -0.39 is 16.1 Å². The van der Waals surface area contributed by atoms with Gasteiger partial charge in [-0.15, -0.1) is 0 Å². The average molecular weight is 362 g/mol. The molecule has 3 rings (SSSR count). The second-order valence-electron chi connectivity index (χ2n) is 6.02. The molecule has 3 aromatic carbocycles. The zero-order valence-corrected chi connectivity index (χ0v) is 15.1. The Bertz CT molecular complexity index is 1040. The molecule has 0 saturated heterocycles. The summed E-state index contributed by atoms with van der Waals surface area (Å²) in [5.74, 6) is 0. The maximum Gasteiger partial charge on any atom is 0.241 e. The fraction of sp³-hybridized carbons (Fsp3) is 0.0952. The van der Waals surface area contributed by atoms with E-state index in [2.05, 4.69) is 4.72 Å². The number of sulfonamides is 1. The molecule has 0 aliphatic carbocycles. The summed E-state index contributed by atoms with van der Waals surface area (Å²) in [5.41, 5.74) is 3.10. The van der Waals surface area contributed by atoms with Crippen LogP contribution in [-0.4, -0.2) is 8.42 Å². The van der Waals surface area contributed by atoms with Crippen molar-refractivity contribution in [3.05, 3.63) is 101 Å². The Morgan fingerprint density at radius 1 is 0.885 bits per heavy atom. The largest absolute Gasteiger partial charge is 0.241 e. The smallest absolute Gasteiger partial charge is 0.207 e. The lowest BCUT2D eigenvalue weighted by Gasteiger charge is -2.20. The summed E-state index contributed by atoms with van der Waals surface area (Å²) in [4.78, 5) is 0.0737. The van der Waals surface area contributed by atoms with E-state index in [4.69, 9.17) is 5.26 Å². The Morgan fingerprint density at radius 3 is 2.19 bits per heavy atom. The third-order valence-electron chi connectivity index (χ3n) is 4.09. The van der Waals surface area contributed by atoms with Crippen LogP contribution >= 0.6 is 0 Å². The van der Waals surface area contributed by atoms with Crippen molar-refractivity contribution in [3.8, 4) is 6.07 Å². The van der Waals surface area contributed by atoms with Gasteiger partial charge >= 0.3 is 0 Å². The van der Waals surface area contributed by atoms with Gasteiger partial charge in [-0.25, -0.2) is 8.42 Å². The number of aryl methyl sites for hydroxylation is 1. The van der Waals surface area contributed by atoms with Crippen LogP contribution in [0.2, 0.25) is 0 Å². The molecule has 0 aliphatic heterocycles. The van der Waals surface area contributed by atoms with Gasteiger partial charge in [0.1, 0.15) is 0 Å². The SMILES string of the molecule is Cc1ccc([C@@H](NS(=O)(=O)c2cccc(C#N)c2)c2ccccc2)cc1. The molecule has 130 valence electrons. The van der Waals surface area contributed by atoms with E-state index in [-0.39, 0.29) is 4.90 Å². The molecule has 0 saturated carbocycles. The number of benzene rings is 3. The fourth-order valence-corrected chi connectivity index (χ4v) is 3.95. The predicted molar refractivity (Wildman–Crippen MR) is 101 cm³/mol. The highest BCUT2D eigenvalue weighted by atomic mass is 32.2. The van der Waals surface area contributed by atoms with Crippen LogP contribution in [0.4, 0.5) is 0 Å². The van der Waals surface area contributed by atoms with E-state index in [9.17, 15) is 8.42 Å². The van der Waals surface area contributed by atoms with E-state index in [1.54, 1.807) is 12.1 Å². The number of rotatable bonds is 5. The molecule has 0 spiro atoms. The molecule has 5 heteroatoms. The third-order valence-corrected chi connectivity index (χ3v) is 5.51. The van der Waals surface area contributed by atoms with Crippen LogP contribution in [0, 0.1) is 18.3 Å². The van der Waals surface area contributed by atoms with Gasteiger partial charge in [-0.3, -0.25) is 0 Å². The molecule has 0 heterocycles. The van der Waals surface area contributed by atoms with Crippen LogP contribution in [0.5, 0.6) is 0 Å². The molecule has 0 amide bonds. The van der Waals surface area contributed by atoms with E-state index in [1.165, 1.54) is 12.1 Å². The predicted octanol–water partition coefficient (Wildman–Crippen LogP) is 3.93. The lowest BCUT2D eigenvalue weighted by Crippen LogP contribution is -2.29. The minimum absolute atomic E-state index is 0.0737. The summed E-state index contributed by atoms with van der Waals surface area (Å²) in [6.45, 7) is 1.98. The monoisotopic (exact) mass is 362 g/mol. The Morgan fingerprint density at radius 2 is 1.54 bits per heavy atom. The van der Waals surface area contributed by atoms with Crippen molar-refractivity contribution in [2.45, 2.75) is 17.9 Å². The Labute approximate surface area is 153 Å². The van der Waals surface area contributed by atoms with Crippen LogP contribution in [0.15, 0.2) is 83.8 Å². The van der Waals surface area contributed by atoms with Crippen molar-refractivity contribution in [2.24, 2.45) is 0 Å². The molecule has 3 aromatic rings. The summed E-state index contributed by atoms with van der Waals surface area (Å²) in [6, 6.07) is 24.6. The number of nitrogens with zero attached hydrogens (tertiary/aromatic N) is 1. The first-order valence-corrected chi connectivity index (χ1v) is 9.62.